The molecule has 0 radical (unpaired) electrons. The van der Waals surface area contributed by atoms with E-state index < -0.39 is 5.82 Å². The molecule has 0 bridgehead atoms. The van der Waals surface area contributed by atoms with Crippen molar-refractivity contribution in [3.05, 3.63) is 67.4 Å². The van der Waals surface area contributed by atoms with Crippen LogP contribution in [-0.4, -0.2) is 5.78 Å². The molecule has 0 aliphatic carbocycles. The Balaban J connectivity index is 2.56. The Kier molecular flexibility index (Phi) is 4.29. The lowest BCUT2D eigenvalue weighted by molar-refractivity contribution is 0.103. The molecule has 0 heterocycles. The van der Waals surface area contributed by atoms with E-state index in [0.29, 0.717) is 16.1 Å². The average Bonchev–Trinajstić information content (AvgIpc) is 2.36. The molecular weight excluding hydrogens is 354 g/mol. The summed E-state index contributed by atoms with van der Waals surface area (Å²) in [4.78, 5) is 12.4. The van der Waals surface area contributed by atoms with Crippen LogP contribution in [0.15, 0.2) is 34.8 Å². The number of halogens is 4. The van der Waals surface area contributed by atoms with Gasteiger partial charge in [-0.15, -0.1) is 0 Å². The predicted molar refractivity (Wildman–Crippen MR) is 78.7 cm³/mol. The molecule has 2 aromatic carbocycles. The predicted octanol–water partition coefficient (Wildman–Crippen LogP) is 5.43. The highest BCUT2D eigenvalue weighted by molar-refractivity contribution is 9.10. The van der Waals surface area contributed by atoms with Crippen LogP contribution in [0.3, 0.4) is 0 Å². The van der Waals surface area contributed by atoms with E-state index in [1.54, 1.807) is 25.1 Å². The van der Waals surface area contributed by atoms with E-state index in [4.69, 9.17) is 23.2 Å². The normalized spacial score (nSPS) is 10.6. The molecule has 98 valence electrons. The van der Waals surface area contributed by atoms with Gasteiger partial charge in [-0.05, 0) is 42.8 Å². The number of hydrogen-bond acceptors (Lipinski definition) is 1. The number of rotatable bonds is 2. The van der Waals surface area contributed by atoms with Crippen molar-refractivity contribution in [2.75, 3.05) is 0 Å². The van der Waals surface area contributed by atoms with E-state index >= 15 is 0 Å². The van der Waals surface area contributed by atoms with Gasteiger partial charge in [0.2, 0.25) is 0 Å². The van der Waals surface area contributed by atoms with Crippen LogP contribution < -0.4 is 0 Å². The van der Waals surface area contributed by atoms with Crippen LogP contribution in [0.25, 0.3) is 0 Å². The number of carbonyl (C=O) groups is 1. The summed E-state index contributed by atoms with van der Waals surface area (Å²) < 4.78 is 14.1. The van der Waals surface area contributed by atoms with Crippen LogP contribution >= 0.6 is 39.1 Å². The number of aryl methyl sites for hydroxylation is 1. The zero-order chi connectivity index (χ0) is 14.2. The molecule has 0 fully saturated rings. The molecule has 0 aliphatic rings. The third-order valence-corrected chi connectivity index (χ3v) is 3.80. The van der Waals surface area contributed by atoms with Gasteiger partial charge in [0, 0.05) is 15.6 Å². The van der Waals surface area contributed by atoms with E-state index in [1.807, 2.05) is 0 Å². The number of carbonyl (C=O) groups excluding carboxylic acids is 1. The quantitative estimate of drug-likeness (QED) is 0.651. The molecule has 2 rings (SSSR count). The van der Waals surface area contributed by atoms with Crippen molar-refractivity contribution in [2.24, 2.45) is 0 Å². The first-order valence-electron chi connectivity index (χ1n) is 5.35. The molecule has 1 nitrogen and oxygen atoms in total. The topological polar surface area (TPSA) is 17.1 Å². The highest BCUT2D eigenvalue weighted by Gasteiger charge is 2.18. The van der Waals surface area contributed by atoms with E-state index in [1.165, 1.54) is 6.07 Å². The summed E-state index contributed by atoms with van der Waals surface area (Å²) in [5, 5.41) is 0.399. The molecule has 0 spiro atoms. The summed E-state index contributed by atoms with van der Waals surface area (Å²) in [6.07, 6.45) is 0. The van der Waals surface area contributed by atoms with Crippen LogP contribution in [0.1, 0.15) is 21.5 Å². The molecule has 5 heteroatoms. The first kappa shape index (κ1) is 14.5. The molecule has 0 saturated carbocycles. The Hall–Kier alpha value is -0.900. The summed E-state index contributed by atoms with van der Waals surface area (Å²) in [6.45, 7) is 1.57. The standard InChI is InChI=1S/C14H8BrCl2FO/c1-7-4-9(12(17)6-13(7)18)14(19)10-5-8(15)2-3-11(10)16/h2-6H,1H3. The average molecular weight is 362 g/mol. The van der Waals surface area contributed by atoms with Crippen LogP contribution in [0.4, 0.5) is 4.39 Å². The Morgan fingerprint density at radius 3 is 2.42 bits per heavy atom. The summed E-state index contributed by atoms with van der Waals surface area (Å²) in [5.74, 6) is -0.777. The van der Waals surface area contributed by atoms with E-state index in [9.17, 15) is 9.18 Å². The van der Waals surface area contributed by atoms with E-state index in [-0.39, 0.29) is 16.4 Å². The SMILES string of the molecule is Cc1cc(C(=O)c2cc(Br)ccc2Cl)c(Cl)cc1F. The van der Waals surface area contributed by atoms with Gasteiger partial charge in [0.1, 0.15) is 5.82 Å². The highest BCUT2D eigenvalue weighted by Crippen LogP contribution is 2.28. The molecule has 0 N–H and O–H groups in total. The maximum Gasteiger partial charge on any atom is 0.196 e. The van der Waals surface area contributed by atoms with Gasteiger partial charge in [-0.25, -0.2) is 4.39 Å². The molecule has 19 heavy (non-hydrogen) atoms. The van der Waals surface area contributed by atoms with Crippen molar-refractivity contribution < 1.29 is 9.18 Å². The van der Waals surface area contributed by atoms with Gasteiger partial charge in [-0.2, -0.15) is 0 Å². The van der Waals surface area contributed by atoms with E-state index in [0.717, 1.165) is 10.5 Å². The van der Waals surface area contributed by atoms with Crippen molar-refractivity contribution in [3.63, 3.8) is 0 Å². The van der Waals surface area contributed by atoms with Crippen LogP contribution in [0, 0.1) is 12.7 Å². The fourth-order valence-corrected chi connectivity index (χ4v) is 2.45. The van der Waals surface area contributed by atoms with Gasteiger partial charge in [0.05, 0.1) is 10.0 Å². The Morgan fingerprint density at radius 1 is 1.11 bits per heavy atom. The van der Waals surface area contributed by atoms with Gasteiger partial charge in [-0.3, -0.25) is 4.79 Å². The molecule has 0 aromatic heterocycles. The summed E-state index contributed by atoms with van der Waals surface area (Å²) >= 11 is 15.2. The van der Waals surface area contributed by atoms with Crippen LogP contribution in [0.2, 0.25) is 10.0 Å². The zero-order valence-electron chi connectivity index (χ0n) is 9.81. The number of ketones is 1. The molecule has 0 saturated heterocycles. The minimum atomic E-state index is -0.443. The van der Waals surface area contributed by atoms with Crippen molar-refractivity contribution in [2.45, 2.75) is 6.92 Å². The van der Waals surface area contributed by atoms with Crippen molar-refractivity contribution >= 4 is 44.9 Å². The van der Waals surface area contributed by atoms with Crippen molar-refractivity contribution in [1.82, 2.24) is 0 Å². The van der Waals surface area contributed by atoms with Gasteiger partial charge in [0.25, 0.3) is 0 Å². The lowest BCUT2D eigenvalue weighted by Gasteiger charge is -2.08. The van der Waals surface area contributed by atoms with Gasteiger partial charge < -0.3 is 0 Å². The third-order valence-electron chi connectivity index (χ3n) is 2.67. The smallest absolute Gasteiger partial charge is 0.196 e. The minimum Gasteiger partial charge on any atom is -0.288 e. The number of benzene rings is 2. The van der Waals surface area contributed by atoms with Crippen molar-refractivity contribution in [1.29, 1.82) is 0 Å². The van der Waals surface area contributed by atoms with Gasteiger partial charge in [-0.1, -0.05) is 39.1 Å². The molecule has 0 unspecified atom stereocenters. The van der Waals surface area contributed by atoms with Crippen LogP contribution in [0.5, 0.6) is 0 Å². The second kappa shape index (κ2) is 5.61. The second-order valence-electron chi connectivity index (χ2n) is 4.03. The molecule has 0 atom stereocenters. The van der Waals surface area contributed by atoms with Gasteiger partial charge >= 0.3 is 0 Å². The zero-order valence-corrected chi connectivity index (χ0v) is 12.9. The maximum atomic E-state index is 13.3. The Bertz CT molecular complexity index is 671. The summed E-state index contributed by atoms with van der Waals surface area (Å²) in [7, 11) is 0. The fourth-order valence-electron chi connectivity index (χ4n) is 1.65. The molecule has 2 aromatic rings. The lowest BCUT2D eigenvalue weighted by Crippen LogP contribution is -2.04. The lowest BCUT2D eigenvalue weighted by atomic mass is 10.0. The fraction of sp³-hybridized carbons (Fsp3) is 0.0714. The third kappa shape index (κ3) is 2.99. The first-order valence-corrected chi connectivity index (χ1v) is 6.90. The second-order valence-corrected chi connectivity index (χ2v) is 5.76. The van der Waals surface area contributed by atoms with Crippen LogP contribution in [-0.2, 0) is 0 Å². The first-order chi connectivity index (χ1) is 8.90. The Morgan fingerprint density at radius 2 is 1.74 bits per heavy atom. The van der Waals surface area contributed by atoms with Gasteiger partial charge in [0.15, 0.2) is 5.78 Å². The molecular formula is C14H8BrCl2FO. The summed E-state index contributed by atoms with van der Waals surface area (Å²) in [6, 6.07) is 7.52. The largest absolute Gasteiger partial charge is 0.288 e. The minimum absolute atomic E-state index is 0.0733. The molecule has 0 amide bonds. The van der Waals surface area contributed by atoms with Crippen molar-refractivity contribution in [3.8, 4) is 0 Å². The Labute approximate surface area is 128 Å². The highest BCUT2D eigenvalue weighted by atomic mass is 79.9. The summed E-state index contributed by atoms with van der Waals surface area (Å²) in [5.41, 5.74) is 0.920. The van der Waals surface area contributed by atoms with E-state index in [2.05, 4.69) is 15.9 Å². The monoisotopic (exact) mass is 360 g/mol. The maximum absolute atomic E-state index is 13.3. The molecule has 0 aliphatic heterocycles. The number of hydrogen-bond donors (Lipinski definition) is 0.